The SMILES string of the molecule is O[C@H]1[C@H](O)CN(CCC2CCCCC2)C[C@@H]1O. The first-order valence-corrected chi connectivity index (χ1v) is 6.93. The normalized spacial score (nSPS) is 37.2. The number of nitrogens with zero attached hydrogens (tertiary/aromatic N) is 1. The van der Waals surface area contributed by atoms with Crippen LogP contribution in [0.3, 0.4) is 0 Å². The number of aliphatic hydroxyl groups excluding tert-OH is 3. The molecule has 1 saturated carbocycles. The van der Waals surface area contributed by atoms with Crippen molar-refractivity contribution in [1.29, 1.82) is 0 Å². The summed E-state index contributed by atoms with van der Waals surface area (Å²) in [7, 11) is 0. The lowest BCUT2D eigenvalue weighted by atomic mass is 9.86. The van der Waals surface area contributed by atoms with E-state index in [1.165, 1.54) is 32.1 Å². The maximum absolute atomic E-state index is 9.60. The van der Waals surface area contributed by atoms with Crippen LogP contribution in [0, 0.1) is 5.92 Å². The quantitative estimate of drug-likeness (QED) is 0.669. The summed E-state index contributed by atoms with van der Waals surface area (Å²) < 4.78 is 0. The van der Waals surface area contributed by atoms with Crippen LogP contribution in [0.2, 0.25) is 0 Å². The molecule has 100 valence electrons. The van der Waals surface area contributed by atoms with E-state index < -0.39 is 18.3 Å². The fourth-order valence-corrected chi connectivity index (χ4v) is 3.10. The molecule has 1 aliphatic heterocycles. The Balaban J connectivity index is 1.71. The van der Waals surface area contributed by atoms with Crippen LogP contribution >= 0.6 is 0 Å². The smallest absolute Gasteiger partial charge is 0.108 e. The van der Waals surface area contributed by atoms with E-state index >= 15 is 0 Å². The van der Waals surface area contributed by atoms with E-state index in [-0.39, 0.29) is 0 Å². The average Bonchev–Trinajstić information content (AvgIpc) is 2.34. The van der Waals surface area contributed by atoms with Crippen molar-refractivity contribution in [2.75, 3.05) is 19.6 Å². The lowest BCUT2D eigenvalue weighted by Gasteiger charge is -2.37. The minimum atomic E-state index is -0.971. The van der Waals surface area contributed by atoms with E-state index in [0.717, 1.165) is 18.9 Å². The van der Waals surface area contributed by atoms with Crippen molar-refractivity contribution in [2.24, 2.45) is 5.92 Å². The summed E-state index contributed by atoms with van der Waals surface area (Å²) in [4.78, 5) is 2.08. The van der Waals surface area contributed by atoms with Crippen LogP contribution in [0.15, 0.2) is 0 Å². The summed E-state index contributed by atoms with van der Waals surface area (Å²) in [5, 5.41) is 28.7. The van der Waals surface area contributed by atoms with Crippen LogP contribution in [0.5, 0.6) is 0 Å². The van der Waals surface area contributed by atoms with Gasteiger partial charge in [0, 0.05) is 13.1 Å². The Labute approximate surface area is 103 Å². The Hall–Kier alpha value is -0.160. The second-order valence-corrected chi connectivity index (χ2v) is 5.68. The molecule has 0 aromatic rings. The monoisotopic (exact) mass is 243 g/mol. The molecule has 2 rings (SSSR count). The van der Waals surface area contributed by atoms with Crippen LogP contribution in [0.25, 0.3) is 0 Å². The molecular weight excluding hydrogens is 218 g/mol. The van der Waals surface area contributed by atoms with Gasteiger partial charge in [-0.1, -0.05) is 32.1 Å². The van der Waals surface area contributed by atoms with Crippen molar-refractivity contribution in [3.8, 4) is 0 Å². The van der Waals surface area contributed by atoms with Gasteiger partial charge in [0.05, 0.1) is 12.2 Å². The average molecular weight is 243 g/mol. The third-order valence-electron chi connectivity index (χ3n) is 4.26. The third kappa shape index (κ3) is 3.65. The van der Waals surface area contributed by atoms with E-state index in [1.807, 2.05) is 0 Å². The number of rotatable bonds is 3. The van der Waals surface area contributed by atoms with Gasteiger partial charge in [0.25, 0.3) is 0 Å². The van der Waals surface area contributed by atoms with E-state index in [1.54, 1.807) is 0 Å². The van der Waals surface area contributed by atoms with Crippen LogP contribution in [-0.2, 0) is 0 Å². The van der Waals surface area contributed by atoms with Gasteiger partial charge in [-0.15, -0.1) is 0 Å². The molecule has 1 heterocycles. The summed E-state index contributed by atoms with van der Waals surface area (Å²) in [6.07, 6.45) is 5.35. The molecule has 0 radical (unpaired) electrons. The molecule has 0 spiro atoms. The maximum atomic E-state index is 9.60. The molecule has 3 N–H and O–H groups in total. The molecule has 4 heteroatoms. The summed E-state index contributed by atoms with van der Waals surface area (Å²) in [6, 6.07) is 0. The van der Waals surface area contributed by atoms with Gasteiger partial charge in [-0.3, -0.25) is 4.90 Å². The maximum Gasteiger partial charge on any atom is 0.108 e. The molecule has 17 heavy (non-hydrogen) atoms. The lowest BCUT2D eigenvalue weighted by molar-refractivity contribution is -0.110. The van der Waals surface area contributed by atoms with E-state index in [0.29, 0.717) is 13.1 Å². The van der Waals surface area contributed by atoms with Crippen molar-refractivity contribution < 1.29 is 15.3 Å². The molecule has 2 fully saturated rings. The van der Waals surface area contributed by atoms with Crippen LogP contribution < -0.4 is 0 Å². The van der Waals surface area contributed by atoms with Crippen LogP contribution in [0.4, 0.5) is 0 Å². The van der Waals surface area contributed by atoms with Gasteiger partial charge >= 0.3 is 0 Å². The van der Waals surface area contributed by atoms with Crippen molar-refractivity contribution in [2.45, 2.75) is 56.8 Å². The second-order valence-electron chi connectivity index (χ2n) is 5.68. The molecule has 4 nitrogen and oxygen atoms in total. The predicted octanol–water partition coefficient (Wildman–Crippen LogP) is 0.355. The highest BCUT2D eigenvalue weighted by Crippen LogP contribution is 2.26. The number of piperidine rings is 1. The predicted molar refractivity (Wildman–Crippen MR) is 65.7 cm³/mol. The lowest BCUT2D eigenvalue weighted by Crippen LogP contribution is -2.55. The van der Waals surface area contributed by atoms with Gasteiger partial charge in [-0.25, -0.2) is 0 Å². The summed E-state index contributed by atoms with van der Waals surface area (Å²) >= 11 is 0. The number of hydrogen-bond donors (Lipinski definition) is 3. The third-order valence-corrected chi connectivity index (χ3v) is 4.26. The Morgan fingerprint density at radius 1 is 0.882 bits per heavy atom. The highest BCUT2D eigenvalue weighted by molar-refractivity contribution is 4.86. The van der Waals surface area contributed by atoms with Crippen LogP contribution in [0.1, 0.15) is 38.5 Å². The fraction of sp³-hybridized carbons (Fsp3) is 1.00. The molecule has 0 unspecified atom stereocenters. The molecule has 0 bridgehead atoms. The molecule has 0 aromatic carbocycles. The number of β-amino-alcohol motifs (C(OH)–C–C–N with tert-alkyl or cyclic N) is 2. The minimum absolute atomic E-state index is 0.491. The second kappa shape index (κ2) is 6.14. The Morgan fingerprint density at radius 2 is 1.47 bits per heavy atom. The van der Waals surface area contributed by atoms with E-state index in [2.05, 4.69) is 4.90 Å². The molecule has 0 aromatic heterocycles. The van der Waals surface area contributed by atoms with Crippen molar-refractivity contribution in [3.05, 3.63) is 0 Å². The van der Waals surface area contributed by atoms with Gasteiger partial charge in [-0.05, 0) is 18.9 Å². The molecule has 1 aliphatic carbocycles. The van der Waals surface area contributed by atoms with Gasteiger partial charge in [0.2, 0.25) is 0 Å². The van der Waals surface area contributed by atoms with Crippen molar-refractivity contribution in [3.63, 3.8) is 0 Å². The number of likely N-dealkylation sites (tertiary alicyclic amines) is 1. The zero-order valence-corrected chi connectivity index (χ0v) is 10.5. The topological polar surface area (TPSA) is 63.9 Å². The summed E-state index contributed by atoms with van der Waals surface area (Å²) in [6.45, 7) is 1.92. The van der Waals surface area contributed by atoms with E-state index in [4.69, 9.17) is 0 Å². The first-order chi connectivity index (χ1) is 8.16. The Morgan fingerprint density at radius 3 is 2.06 bits per heavy atom. The highest BCUT2D eigenvalue weighted by Gasteiger charge is 2.33. The molecule has 3 atom stereocenters. The molecule has 0 amide bonds. The summed E-state index contributed by atoms with van der Waals surface area (Å²) in [5.41, 5.74) is 0. The van der Waals surface area contributed by atoms with Crippen molar-refractivity contribution in [1.82, 2.24) is 4.90 Å². The first kappa shape index (κ1) is 13.3. The van der Waals surface area contributed by atoms with Gasteiger partial charge in [-0.2, -0.15) is 0 Å². The molecular formula is C13H25NO3. The minimum Gasteiger partial charge on any atom is -0.389 e. The highest BCUT2D eigenvalue weighted by atomic mass is 16.4. The fourth-order valence-electron chi connectivity index (χ4n) is 3.10. The zero-order chi connectivity index (χ0) is 12.3. The zero-order valence-electron chi connectivity index (χ0n) is 10.5. The van der Waals surface area contributed by atoms with Crippen molar-refractivity contribution >= 4 is 0 Å². The standard InChI is InChI=1S/C13H25NO3/c15-11-8-14(9-12(16)13(11)17)7-6-10-4-2-1-3-5-10/h10-13,15-17H,1-9H2/t11-,12+,13+. The number of aliphatic hydroxyl groups is 3. The van der Waals surface area contributed by atoms with Gasteiger partial charge in [0.15, 0.2) is 0 Å². The largest absolute Gasteiger partial charge is 0.389 e. The Bertz CT molecular complexity index is 219. The molecule has 2 aliphatic rings. The first-order valence-electron chi connectivity index (χ1n) is 6.93. The van der Waals surface area contributed by atoms with Crippen LogP contribution in [-0.4, -0.2) is 58.2 Å². The number of hydrogen-bond acceptors (Lipinski definition) is 4. The summed E-state index contributed by atoms with van der Waals surface area (Å²) in [5.74, 6) is 0.824. The van der Waals surface area contributed by atoms with Gasteiger partial charge in [0.1, 0.15) is 6.10 Å². The van der Waals surface area contributed by atoms with Gasteiger partial charge < -0.3 is 15.3 Å². The Kier molecular flexibility index (Phi) is 4.79. The molecule has 1 saturated heterocycles. The van der Waals surface area contributed by atoms with E-state index in [9.17, 15) is 15.3 Å².